The number of carbonyl (C=O) groups excluding carboxylic acids is 2. The van der Waals surface area contributed by atoms with Crippen LogP contribution in [0.2, 0.25) is 0 Å². The zero-order chi connectivity index (χ0) is 31.7. The number of para-hydroxylation sites is 1. The Hall–Kier alpha value is -4.02. The van der Waals surface area contributed by atoms with Crippen LogP contribution in [0.3, 0.4) is 0 Å². The Balaban J connectivity index is 1.78. The lowest BCUT2D eigenvalue weighted by Gasteiger charge is -2.34. The Labute approximate surface area is 266 Å². The summed E-state index contributed by atoms with van der Waals surface area (Å²) in [5.74, 6) is -1.48. The molecule has 0 bridgehead atoms. The average molecular weight is 681 g/mol. The highest BCUT2D eigenvalue weighted by Gasteiger charge is 2.35. The van der Waals surface area contributed by atoms with Crippen LogP contribution in [0.4, 0.5) is 10.1 Å². The van der Waals surface area contributed by atoms with Crippen molar-refractivity contribution in [3.05, 3.63) is 131 Å². The molecule has 4 aromatic carbocycles. The average Bonchev–Trinajstić information content (AvgIpc) is 3.03. The van der Waals surface area contributed by atoms with Crippen LogP contribution in [0.15, 0.2) is 119 Å². The summed E-state index contributed by atoms with van der Waals surface area (Å²) >= 11 is 3.44. The van der Waals surface area contributed by atoms with Crippen molar-refractivity contribution in [1.82, 2.24) is 10.2 Å². The zero-order valence-electron chi connectivity index (χ0n) is 24.6. The molecular weight excluding hydrogens is 645 g/mol. The number of halogens is 2. The van der Waals surface area contributed by atoms with Crippen LogP contribution in [-0.2, 0) is 32.6 Å². The molecule has 0 aromatic heterocycles. The molecular formula is C34H35BrFN3O4S. The van der Waals surface area contributed by atoms with E-state index in [4.69, 9.17) is 0 Å². The third-order valence-corrected chi connectivity index (χ3v) is 9.58. The summed E-state index contributed by atoms with van der Waals surface area (Å²) in [7, 11) is -4.29. The van der Waals surface area contributed by atoms with Crippen molar-refractivity contribution in [1.29, 1.82) is 0 Å². The van der Waals surface area contributed by atoms with E-state index >= 15 is 0 Å². The summed E-state index contributed by atoms with van der Waals surface area (Å²) in [6.45, 7) is 3.34. The maximum Gasteiger partial charge on any atom is 0.264 e. The molecule has 0 fully saturated rings. The Morgan fingerprint density at radius 1 is 0.841 bits per heavy atom. The molecule has 0 aliphatic rings. The molecule has 2 amide bonds. The molecule has 0 saturated carbocycles. The standard InChI is InChI=1S/C34H35BrFN3O4S/c1-3-25(2)37-34(41)32(22-26-10-6-4-7-11-26)38(23-27-14-16-28(35)17-15-27)33(40)24-39(30-12-8-5-9-13-30)44(42,43)31-20-18-29(36)19-21-31/h4-21,25,32H,3,22-24H2,1-2H3,(H,37,41)/t25-,32+/m1/s1. The molecule has 0 spiro atoms. The number of rotatable bonds is 13. The van der Waals surface area contributed by atoms with Gasteiger partial charge in [0, 0.05) is 23.5 Å². The normalized spacial score (nSPS) is 12.6. The fourth-order valence-electron chi connectivity index (χ4n) is 4.64. The first-order chi connectivity index (χ1) is 21.1. The van der Waals surface area contributed by atoms with Crippen LogP contribution >= 0.6 is 15.9 Å². The minimum Gasteiger partial charge on any atom is -0.352 e. The van der Waals surface area contributed by atoms with Crippen molar-refractivity contribution in [3.8, 4) is 0 Å². The third kappa shape index (κ3) is 8.54. The van der Waals surface area contributed by atoms with Crippen LogP contribution in [0.5, 0.6) is 0 Å². The first-order valence-corrected chi connectivity index (χ1v) is 16.5. The largest absolute Gasteiger partial charge is 0.352 e. The highest BCUT2D eigenvalue weighted by Crippen LogP contribution is 2.25. The number of hydrogen-bond donors (Lipinski definition) is 1. The van der Waals surface area contributed by atoms with Gasteiger partial charge < -0.3 is 10.2 Å². The van der Waals surface area contributed by atoms with Gasteiger partial charge in [0.25, 0.3) is 10.0 Å². The molecule has 0 unspecified atom stereocenters. The molecule has 7 nitrogen and oxygen atoms in total. The lowest BCUT2D eigenvalue weighted by molar-refractivity contribution is -0.140. The van der Waals surface area contributed by atoms with E-state index in [1.165, 1.54) is 17.0 Å². The Morgan fingerprint density at radius 3 is 2.02 bits per heavy atom. The number of nitrogens with one attached hydrogen (secondary N) is 1. The highest BCUT2D eigenvalue weighted by atomic mass is 79.9. The summed E-state index contributed by atoms with van der Waals surface area (Å²) in [6, 6.07) is 28.4. The molecule has 44 heavy (non-hydrogen) atoms. The SMILES string of the molecule is CC[C@@H](C)NC(=O)[C@H](Cc1ccccc1)N(Cc1ccc(Br)cc1)C(=O)CN(c1ccccc1)S(=O)(=O)c1ccc(F)cc1. The molecule has 2 atom stereocenters. The van der Waals surface area contributed by atoms with Crippen LogP contribution in [-0.4, -0.2) is 43.8 Å². The second-order valence-corrected chi connectivity index (χ2v) is 13.3. The van der Waals surface area contributed by atoms with Gasteiger partial charge >= 0.3 is 0 Å². The molecule has 4 aromatic rings. The van der Waals surface area contributed by atoms with Gasteiger partial charge in [0.1, 0.15) is 18.4 Å². The van der Waals surface area contributed by atoms with Gasteiger partial charge in [0.2, 0.25) is 11.8 Å². The van der Waals surface area contributed by atoms with Gasteiger partial charge in [0.05, 0.1) is 10.6 Å². The van der Waals surface area contributed by atoms with E-state index in [-0.39, 0.29) is 35.5 Å². The van der Waals surface area contributed by atoms with Gasteiger partial charge in [-0.3, -0.25) is 13.9 Å². The first kappa shape index (κ1) is 32.9. The molecule has 0 heterocycles. The van der Waals surface area contributed by atoms with E-state index in [1.807, 2.05) is 68.4 Å². The lowest BCUT2D eigenvalue weighted by Crippen LogP contribution is -2.54. The summed E-state index contributed by atoms with van der Waals surface area (Å²) < 4.78 is 43.4. The molecule has 0 aliphatic heterocycles. The third-order valence-electron chi connectivity index (χ3n) is 7.26. The topological polar surface area (TPSA) is 86.8 Å². The maximum atomic E-state index is 14.4. The number of carbonyl (C=O) groups is 2. The molecule has 0 saturated heterocycles. The summed E-state index contributed by atoms with van der Waals surface area (Å²) in [6.07, 6.45) is 0.920. The minimum atomic E-state index is -4.29. The molecule has 10 heteroatoms. The minimum absolute atomic E-state index is 0.0662. The predicted molar refractivity (Wildman–Crippen MR) is 174 cm³/mol. The predicted octanol–water partition coefficient (Wildman–Crippen LogP) is 6.34. The number of hydrogen-bond acceptors (Lipinski definition) is 4. The zero-order valence-corrected chi connectivity index (χ0v) is 27.0. The van der Waals surface area contributed by atoms with Gasteiger partial charge in [-0.05, 0) is 73.0 Å². The highest BCUT2D eigenvalue weighted by molar-refractivity contribution is 9.10. The molecule has 0 aliphatic carbocycles. The fraction of sp³-hybridized carbons (Fsp3) is 0.235. The van der Waals surface area contributed by atoms with Gasteiger partial charge in [-0.15, -0.1) is 0 Å². The summed E-state index contributed by atoms with van der Waals surface area (Å²) in [5.41, 5.74) is 1.88. The van der Waals surface area contributed by atoms with E-state index in [9.17, 15) is 22.4 Å². The van der Waals surface area contributed by atoms with E-state index < -0.39 is 34.3 Å². The lowest BCUT2D eigenvalue weighted by atomic mass is 10.0. The molecule has 0 radical (unpaired) electrons. The summed E-state index contributed by atoms with van der Waals surface area (Å²) in [4.78, 5) is 29.5. The Bertz CT molecular complexity index is 1640. The van der Waals surface area contributed by atoms with E-state index in [2.05, 4.69) is 21.2 Å². The number of nitrogens with zero attached hydrogens (tertiary/aromatic N) is 2. The quantitative estimate of drug-likeness (QED) is 0.179. The Morgan fingerprint density at radius 2 is 1.43 bits per heavy atom. The van der Waals surface area contributed by atoms with Gasteiger partial charge in [0.15, 0.2) is 0 Å². The number of sulfonamides is 1. The van der Waals surface area contributed by atoms with Crippen molar-refractivity contribution in [2.75, 3.05) is 10.8 Å². The Kier molecular flexibility index (Phi) is 11.3. The van der Waals surface area contributed by atoms with Crippen LogP contribution in [0.25, 0.3) is 0 Å². The number of benzene rings is 4. The number of amides is 2. The van der Waals surface area contributed by atoms with Crippen molar-refractivity contribution in [3.63, 3.8) is 0 Å². The van der Waals surface area contributed by atoms with Crippen LogP contribution in [0.1, 0.15) is 31.4 Å². The monoisotopic (exact) mass is 679 g/mol. The van der Waals surface area contributed by atoms with Crippen LogP contribution in [0, 0.1) is 5.82 Å². The van der Waals surface area contributed by atoms with Crippen molar-refractivity contribution in [2.24, 2.45) is 0 Å². The smallest absolute Gasteiger partial charge is 0.264 e. The van der Waals surface area contributed by atoms with Crippen molar-refractivity contribution >= 4 is 43.5 Å². The first-order valence-electron chi connectivity index (χ1n) is 14.3. The molecule has 1 N–H and O–H groups in total. The fourth-order valence-corrected chi connectivity index (χ4v) is 6.32. The van der Waals surface area contributed by atoms with Crippen molar-refractivity contribution < 1.29 is 22.4 Å². The van der Waals surface area contributed by atoms with E-state index in [1.54, 1.807) is 30.3 Å². The molecule has 4 rings (SSSR count). The second kappa shape index (κ2) is 15.1. The van der Waals surface area contributed by atoms with Gasteiger partial charge in [-0.25, -0.2) is 12.8 Å². The van der Waals surface area contributed by atoms with Gasteiger partial charge in [-0.1, -0.05) is 83.5 Å². The maximum absolute atomic E-state index is 14.4. The number of anilines is 1. The summed E-state index contributed by atoms with van der Waals surface area (Å²) in [5, 5.41) is 3.02. The van der Waals surface area contributed by atoms with E-state index in [0.717, 1.165) is 32.0 Å². The second-order valence-electron chi connectivity index (χ2n) is 10.5. The van der Waals surface area contributed by atoms with Gasteiger partial charge in [-0.2, -0.15) is 0 Å². The molecule has 230 valence electrons. The van der Waals surface area contributed by atoms with Crippen LogP contribution < -0.4 is 9.62 Å². The van der Waals surface area contributed by atoms with Crippen molar-refractivity contribution in [2.45, 2.75) is 50.2 Å². The van der Waals surface area contributed by atoms with E-state index in [0.29, 0.717) is 6.42 Å².